The minimum atomic E-state index is -0.283. The molecule has 1 fully saturated rings. The summed E-state index contributed by atoms with van der Waals surface area (Å²) in [5, 5.41) is 0.428. The number of rotatable bonds is 6. The molecule has 1 aliphatic rings. The Hall–Kier alpha value is -2.53. The van der Waals surface area contributed by atoms with Gasteiger partial charge >= 0.3 is 0 Å². The number of ether oxygens (including phenoxy) is 1. The van der Waals surface area contributed by atoms with Gasteiger partial charge in [0, 0.05) is 32.1 Å². The second kappa shape index (κ2) is 9.31. The van der Waals surface area contributed by atoms with Gasteiger partial charge in [-0.15, -0.1) is 0 Å². The Morgan fingerprint density at radius 3 is 2.31 bits per heavy atom. The summed E-state index contributed by atoms with van der Waals surface area (Å²) in [5.41, 5.74) is 1.50. The van der Waals surface area contributed by atoms with E-state index in [9.17, 15) is 9.59 Å². The second-order valence-corrected chi connectivity index (χ2v) is 7.59. The lowest BCUT2D eigenvalue weighted by atomic mass is 9.88. The summed E-state index contributed by atoms with van der Waals surface area (Å²) in [6.45, 7) is 6.13. The first-order chi connectivity index (χ1) is 14.0. The van der Waals surface area contributed by atoms with Crippen molar-refractivity contribution < 1.29 is 14.3 Å². The number of hydrogen-bond acceptors (Lipinski definition) is 3. The molecule has 1 aliphatic heterocycles. The van der Waals surface area contributed by atoms with Gasteiger partial charge in [-0.25, -0.2) is 0 Å². The Kier molecular flexibility index (Phi) is 6.80. The lowest BCUT2D eigenvalue weighted by Crippen LogP contribution is -2.39. The van der Waals surface area contributed by atoms with Crippen molar-refractivity contribution in [1.29, 1.82) is 0 Å². The van der Waals surface area contributed by atoms with E-state index in [0.717, 1.165) is 11.3 Å². The van der Waals surface area contributed by atoms with Gasteiger partial charge in [0.15, 0.2) is 0 Å². The predicted molar refractivity (Wildman–Crippen MR) is 115 cm³/mol. The standard InChI is InChI=1S/C23H27ClN2O3/c1-4-25(5-2)23(28)20-15-26(22(27)18-8-6-7-9-21(18)24)14-19(20)16-10-12-17(29-3)13-11-16/h6-13,19-20H,4-5,14-15H2,1-3H3. The molecule has 2 aromatic rings. The topological polar surface area (TPSA) is 49.9 Å². The molecular formula is C23H27ClN2O3. The number of halogens is 1. The molecule has 2 aromatic carbocycles. The number of nitrogens with zero attached hydrogens (tertiary/aromatic N) is 2. The fourth-order valence-corrected chi connectivity index (χ4v) is 4.20. The van der Waals surface area contributed by atoms with Crippen LogP contribution < -0.4 is 4.74 Å². The van der Waals surface area contributed by atoms with Crippen molar-refractivity contribution in [2.45, 2.75) is 19.8 Å². The summed E-state index contributed by atoms with van der Waals surface area (Å²) in [6.07, 6.45) is 0. The average molecular weight is 415 g/mol. The number of likely N-dealkylation sites (tertiary alicyclic amines) is 1. The molecule has 1 saturated heterocycles. The van der Waals surface area contributed by atoms with Crippen LogP contribution in [-0.2, 0) is 4.79 Å². The van der Waals surface area contributed by atoms with E-state index in [-0.39, 0.29) is 23.7 Å². The van der Waals surface area contributed by atoms with E-state index in [0.29, 0.717) is 36.8 Å². The van der Waals surface area contributed by atoms with Crippen LogP contribution in [0.5, 0.6) is 5.75 Å². The molecule has 0 radical (unpaired) electrons. The lowest BCUT2D eigenvalue weighted by Gasteiger charge is -2.25. The first-order valence-electron chi connectivity index (χ1n) is 9.96. The van der Waals surface area contributed by atoms with Gasteiger partial charge < -0.3 is 14.5 Å². The fourth-order valence-electron chi connectivity index (χ4n) is 3.98. The van der Waals surface area contributed by atoms with Crippen LogP contribution >= 0.6 is 11.6 Å². The molecule has 3 rings (SSSR count). The molecule has 0 saturated carbocycles. The number of benzene rings is 2. The Labute approximate surface area is 177 Å². The molecule has 2 amide bonds. The van der Waals surface area contributed by atoms with Gasteiger partial charge in [0.05, 0.1) is 23.6 Å². The summed E-state index contributed by atoms with van der Waals surface area (Å²) in [7, 11) is 1.63. The highest BCUT2D eigenvalue weighted by molar-refractivity contribution is 6.33. The Balaban J connectivity index is 1.91. The SMILES string of the molecule is CCN(CC)C(=O)C1CN(C(=O)c2ccccc2Cl)CC1c1ccc(OC)cc1. The fraction of sp³-hybridized carbons (Fsp3) is 0.391. The maximum absolute atomic E-state index is 13.2. The number of hydrogen-bond donors (Lipinski definition) is 0. The van der Waals surface area contributed by atoms with Crippen molar-refractivity contribution in [2.75, 3.05) is 33.3 Å². The number of methoxy groups -OCH3 is 1. The normalized spacial score (nSPS) is 18.6. The van der Waals surface area contributed by atoms with Crippen LogP contribution in [0.1, 0.15) is 35.7 Å². The first kappa shape index (κ1) is 21.2. The molecule has 0 bridgehead atoms. The smallest absolute Gasteiger partial charge is 0.255 e. The highest BCUT2D eigenvalue weighted by Crippen LogP contribution is 2.36. The van der Waals surface area contributed by atoms with Crippen molar-refractivity contribution in [3.05, 3.63) is 64.7 Å². The minimum Gasteiger partial charge on any atom is -0.497 e. The Bertz CT molecular complexity index is 865. The van der Waals surface area contributed by atoms with E-state index in [1.54, 1.807) is 36.3 Å². The third-order valence-corrected chi connectivity index (χ3v) is 5.98. The van der Waals surface area contributed by atoms with E-state index < -0.39 is 0 Å². The minimum absolute atomic E-state index is 0.0690. The van der Waals surface area contributed by atoms with Crippen LogP contribution in [0.15, 0.2) is 48.5 Å². The number of amides is 2. The van der Waals surface area contributed by atoms with Crippen molar-refractivity contribution in [3.63, 3.8) is 0 Å². The van der Waals surface area contributed by atoms with Crippen molar-refractivity contribution in [2.24, 2.45) is 5.92 Å². The highest BCUT2D eigenvalue weighted by atomic mass is 35.5. The number of carbonyl (C=O) groups excluding carboxylic acids is 2. The molecule has 0 N–H and O–H groups in total. The van der Waals surface area contributed by atoms with Crippen molar-refractivity contribution in [3.8, 4) is 5.75 Å². The summed E-state index contributed by atoms with van der Waals surface area (Å²) < 4.78 is 5.26. The molecule has 154 valence electrons. The average Bonchev–Trinajstić information content (AvgIpc) is 3.20. The molecule has 2 unspecified atom stereocenters. The second-order valence-electron chi connectivity index (χ2n) is 7.19. The molecule has 5 nitrogen and oxygen atoms in total. The summed E-state index contributed by atoms with van der Waals surface area (Å²) in [6, 6.07) is 14.8. The summed E-state index contributed by atoms with van der Waals surface area (Å²) in [5.74, 6) is 0.367. The largest absolute Gasteiger partial charge is 0.497 e. The van der Waals surface area contributed by atoms with Gasteiger partial charge in [0.25, 0.3) is 5.91 Å². The maximum Gasteiger partial charge on any atom is 0.255 e. The van der Waals surface area contributed by atoms with Crippen molar-refractivity contribution >= 4 is 23.4 Å². The zero-order valence-electron chi connectivity index (χ0n) is 17.1. The first-order valence-corrected chi connectivity index (χ1v) is 10.3. The molecule has 0 aliphatic carbocycles. The third kappa shape index (κ3) is 4.40. The van der Waals surface area contributed by atoms with Crippen LogP contribution in [0, 0.1) is 5.92 Å². The zero-order valence-corrected chi connectivity index (χ0v) is 17.9. The quantitative estimate of drug-likeness (QED) is 0.715. The van der Waals surface area contributed by atoms with Gasteiger partial charge in [-0.3, -0.25) is 9.59 Å². The van der Waals surface area contributed by atoms with Gasteiger partial charge in [0.1, 0.15) is 5.75 Å². The predicted octanol–water partition coefficient (Wildman–Crippen LogP) is 4.07. The Morgan fingerprint density at radius 1 is 1.07 bits per heavy atom. The number of carbonyl (C=O) groups is 2. The van der Waals surface area contributed by atoms with Crippen LogP contribution in [0.3, 0.4) is 0 Å². The monoisotopic (exact) mass is 414 g/mol. The van der Waals surface area contributed by atoms with Crippen LogP contribution in [0.25, 0.3) is 0 Å². The highest BCUT2D eigenvalue weighted by Gasteiger charge is 2.42. The third-order valence-electron chi connectivity index (χ3n) is 5.65. The summed E-state index contributed by atoms with van der Waals surface area (Å²) in [4.78, 5) is 29.9. The molecule has 2 atom stereocenters. The van der Waals surface area contributed by atoms with Crippen LogP contribution in [0.2, 0.25) is 5.02 Å². The molecule has 0 spiro atoms. The summed E-state index contributed by atoms with van der Waals surface area (Å²) >= 11 is 6.24. The molecular weight excluding hydrogens is 388 g/mol. The van der Waals surface area contributed by atoms with E-state index in [4.69, 9.17) is 16.3 Å². The van der Waals surface area contributed by atoms with Crippen LogP contribution in [0.4, 0.5) is 0 Å². The van der Waals surface area contributed by atoms with Gasteiger partial charge in [-0.2, -0.15) is 0 Å². The van der Waals surface area contributed by atoms with Gasteiger partial charge in [-0.05, 0) is 43.7 Å². The lowest BCUT2D eigenvalue weighted by molar-refractivity contribution is -0.135. The van der Waals surface area contributed by atoms with Gasteiger partial charge in [0.2, 0.25) is 5.91 Å². The van der Waals surface area contributed by atoms with Gasteiger partial charge in [-0.1, -0.05) is 35.9 Å². The van der Waals surface area contributed by atoms with Crippen LogP contribution in [-0.4, -0.2) is 54.9 Å². The molecule has 0 aromatic heterocycles. The zero-order chi connectivity index (χ0) is 21.0. The van der Waals surface area contributed by atoms with Crippen molar-refractivity contribution in [1.82, 2.24) is 9.80 Å². The maximum atomic E-state index is 13.2. The van der Waals surface area contributed by atoms with E-state index in [1.807, 2.05) is 43.0 Å². The molecule has 1 heterocycles. The van der Waals surface area contributed by atoms with E-state index in [2.05, 4.69) is 0 Å². The molecule has 29 heavy (non-hydrogen) atoms. The van der Waals surface area contributed by atoms with E-state index in [1.165, 1.54) is 0 Å². The van der Waals surface area contributed by atoms with E-state index >= 15 is 0 Å². The Morgan fingerprint density at radius 2 is 1.72 bits per heavy atom. The molecule has 6 heteroatoms.